The maximum absolute atomic E-state index is 6.35. The number of thioether (sulfide) groups is 2. The van der Waals surface area contributed by atoms with Crippen LogP contribution in [0.25, 0.3) is 11.3 Å². The fourth-order valence-electron chi connectivity index (χ4n) is 3.37. The molecule has 0 amide bonds. The highest BCUT2D eigenvalue weighted by atomic mass is 35.5. The third-order valence-corrected chi connectivity index (χ3v) is 6.94. The van der Waals surface area contributed by atoms with Gasteiger partial charge in [-0.05, 0) is 42.2 Å². The molecule has 0 fully saturated rings. The van der Waals surface area contributed by atoms with Crippen molar-refractivity contribution in [3.8, 4) is 17.1 Å². The number of para-hydroxylation sites is 1. The third-order valence-electron chi connectivity index (χ3n) is 5.03. The van der Waals surface area contributed by atoms with E-state index in [9.17, 15) is 0 Å². The molecule has 160 valence electrons. The molecule has 5 nitrogen and oxygen atoms in total. The van der Waals surface area contributed by atoms with Crippen LogP contribution < -0.4 is 10.1 Å². The summed E-state index contributed by atoms with van der Waals surface area (Å²) in [5.74, 6) is 1.18. The standard InChI is InChI=1S/C24H19ClN4OS2/c1-31-18-12-8-16(9-13-18)22-26-20-5-3-2-4-19(20)21-23(30-22)27-24(29-28-21)32-14-15-6-10-17(25)11-7-15/h2-13,22,26H,14H2,1H3. The van der Waals surface area contributed by atoms with Crippen LogP contribution in [-0.2, 0) is 5.75 Å². The quantitative estimate of drug-likeness (QED) is 0.320. The Labute approximate surface area is 200 Å². The van der Waals surface area contributed by atoms with Gasteiger partial charge in [0.15, 0.2) is 11.9 Å². The predicted molar refractivity (Wildman–Crippen MR) is 131 cm³/mol. The van der Waals surface area contributed by atoms with Gasteiger partial charge in [0.2, 0.25) is 11.0 Å². The van der Waals surface area contributed by atoms with Gasteiger partial charge in [-0.2, -0.15) is 4.98 Å². The van der Waals surface area contributed by atoms with Gasteiger partial charge in [0, 0.05) is 32.5 Å². The monoisotopic (exact) mass is 478 g/mol. The zero-order valence-corrected chi connectivity index (χ0v) is 19.5. The number of fused-ring (bicyclic) bond motifs is 3. The van der Waals surface area contributed by atoms with E-state index in [4.69, 9.17) is 21.3 Å². The molecular weight excluding hydrogens is 460 g/mol. The van der Waals surface area contributed by atoms with E-state index < -0.39 is 0 Å². The van der Waals surface area contributed by atoms with E-state index in [0.717, 1.165) is 27.4 Å². The number of anilines is 1. The average Bonchev–Trinajstić information content (AvgIpc) is 3.00. The topological polar surface area (TPSA) is 59.9 Å². The molecule has 3 aromatic carbocycles. The van der Waals surface area contributed by atoms with Crippen molar-refractivity contribution < 1.29 is 4.74 Å². The van der Waals surface area contributed by atoms with Crippen molar-refractivity contribution in [3.63, 3.8) is 0 Å². The number of aromatic nitrogens is 3. The number of rotatable bonds is 5. The molecule has 2 heterocycles. The second-order valence-electron chi connectivity index (χ2n) is 7.12. The molecule has 8 heteroatoms. The Kier molecular flexibility index (Phi) is 6.21. The van der Waals surface area contributed by atoms with Gasteiger partial charge in [0.25, 0.3) is 0 Å². The lowest BCUT2D eigenvalue weighted by atomic mass is 10.1. The van der Waals surface area contributed by atoms with Crippen LogP contribution >= 0.6 is 35.1 Å². The molecule has 0 bridgehead atoms. The SMILES string of the molecule is CSc1ccc(C2Nc3ccccc3-c3nnc(SCc4ccc(Cl)cc4)nc3O2)cc1. The zero-order valence-electron chi connectivity index (χ0n) is 17.2. The first-order chi connectivity index (χ1) is 15.7. The van der Waals surface area contributed by atoms with Crippen LogP contribution in [-0.4, -0.2) is 21.4 Å². The largest absolute Gasteiger partial charge is 0.448 e. The lowest BCUT2D eigenvalue weighted by Gasteiger charge is -2.19. The van der Waals surface area contributed by atoms with Crippen LogP contribution in [0.4, 0.5) is 5.69 Å². The summed E-state index contributed by atoms with van der Waals surface area (Å²) in [6, 6.07) is 24.1. The van der Waals surface area contributed by atoms with Crippen LogP contribution in [0.2, 0.25) is 5.02 Å². The van der Waals surface area contributed by atoms with Crippen molar-refractivity contribution in [2.24, 2.45) is 0 Å². The Morgan fingerprint density at radius 1 is 0.969 bits per heavy atom. The van der Waals surface area contributed by atoms with E-state index >= 15 is 0 Å². The minimum atomic E-state index is -0.390. The summed E-state index contributed by atoms with van der Waals surface area (Å²) in [6.45, 7) is 0. The Balaban J connectivity index is 1.46. The van der Waals surface area contributed by atoms with E-state index in [2.05, 4.69) is 46.0 Å². The molecule has 1 N–H and O–H groups in total. The van der Waals surface area contributed by atoms with E-state index in [1.165, 1.54) is 16.7 Å². The molecular formula is C24H19ClN4OS2. The highest BCUT2D eigenvalue weighted by molar-refractivity contribution is 7.98. The lowest BCUT2D eigenvalue weighted by molar-refractivity contribution is 0.225. The highest BCUT2D eigenvalue weighted by Crippen LogP contribution is 2.39. The Hall–Kier alpha value is -2.74. The van der Waals surface area contributed by atoms with Crippen molar-refractivity contribution in [3.05, 3.63) is 88.9 Å². The minimum absolute atomic E-state index is 0.390. The molecule has 32 heavy (non-hydrogen) atoms. The first kappa shape index (κ1) is 21.1. The Morgan fingerprint density at radius 2 is 1.75 bits per heavy atom. The molecule has 1 atom stereocenters. The summed E-state index contributed by atoms with van der Waals surface area (Å²) in [6.07, 6.45) is 1.67. The summed E-state index contributed by atoms with van der Waals surface area (Å²) < 4.78 is 6.35. The molecule has 0 saturated heterocycles. The molecule has 0 spiro atoms. The van der Waals surface area contributed by atoms with Gasteiger partial charge < -0.3 is 10.1 Å². The normalized spacial score (nSPS) is 14.5. The second-order valence-corrected chi connectivity index (χ2v) is 9.38. The van der Waals surface area contributed by atoms with Gasteiger partial charge in [-0.3, -0.25) is 0 Å². The molecule has 1 unspecified atom stereocenters. The Morgan fingerprint density at radius 3 is 2.53 bits per heavy atom. The van der Waals surface area contributed by atoms with Crippen molar-refractivity contribution >= 4 is 40.8 Å². The van der Waals surface area contributed by atoms with Crippen molar-refractivity contribution in [2.75, 3.05) is 11.6 Å². The maximum Gasteiger partial charge on any atom is 0.247 e. The maximum atomic E-state index is 6.35. The third kappa shape index (κ3) is 4.55. The van der Waals surface area contributed by atoms with Crippen molar-refractivity contribution in [1.82, 2.24) is 15.2 Å². The summed E-state index contributed by atoms with van der Waals surface area (Å²) >= 11 is 9.20. The lowest BCUT2D eigenvalue weighted by Crippen LogP contribution is -2.17. The van der Waals surface area contributed by atoms with Crippen LogP contribution in [0.1, 0.15) is 17.4 Å². The Bertz CT molecular complexity index is 1240. The number of nitrogens with one attached hydrogen (secondary N) is 1. The van der Waals surface area contributed by atoms with Gasteiger partial charge in [-0.15, -0.1) is 22.0 Å². The number of nitrogens with zero attached hydrogens (tertiary/aromatic N) is 3. The molecule has 0 aliphatic carbocycles. The first-order valence-electron chi connectivity index (χ1n) is 9.98. The fraction of sp³-hybridized carbons (Fsp3) is 0.125. The summed E-state index contributed by atoms with van der Waals surface area (Å²) in [5, 5.41) is 13.6. The minimum Gasteiger partial charge on any atom is -0.448 e. The van der Waals surface area contributed by atoms with E-state index in [-0.39, 0.29) is 6.23 Å². The smallest absolute Gasteiger partial charge is 0.247 e. The summed E-state index contributed by atoms with van der Waals surface area (Å²) in [7, 11) is 0. The summed E-state index contributed by atoms with van der Waals surface area (Å²) in [4.78, 5) is 5.91. The van der Waals surface area contributed by atoms with Gasteiger partial charge >= 0.3 is 0 Å². The second kappa shape index (κ2) is 9.40. The molecule has 1 aliphatic heterocycles. The molecule has 1 aromatic heterocycles. The van der Waals surface area contributed by atoms with Crippen LogP contribution in [0, 0.1) is 0 Å². The molecule has 0 radical (unpaired) electrons. The van der Waals surface area contributed by atoms with Crippen molar-refractivity contribution in [1.29, 1.82) is 0 Å². The van der Waals surface area contributed by atoms with E-state index in [1.54, 1.807) is 11.8 Å². The van der Waals surface area contributed by atoms with E-state index in [0.29, 0.717) is 22.5 Å². The average molecular weight is 479 g/mol. The van der Waals surface area contributed by atoms with Gasteiger partial charge in [0.1, 0.15) is 0 Å². The molecule has 1 aliphatic rings. The predicted octanol–water partition coefficient (Wildman–Crippen LogP) is 6.71. The first-order valence-corrected chi connectivity index (χ1v) is 12.6. The van der Waals surface area contributed by atoms with E-state index in [1.807, 2.05) is 48.5 Å². The number of halogens is 1. The highest BCUT2D eigenvalue weighted by Gasteiger charge is 2.26. The zero-order chi connectivity index (χ0) is 21.9. The van der Waals surface area contributed by atoms with Gasteiger partial charge in [-0.25, -0.2) is 0 Å². The van der Waals surface area contributed by atoms with Crippen molar-refractivity contribution in [2.45, 2.75) is 22.0 Å². The fourth-order valence-corrected chi connectivity index (χ4v) is 4.63. The number of hydrogen-bond acceptors (Lipinski definition) is 7. The number of benzene rings is 3. The van der Waals surface area contributed by atoms with Gasteiger partial charge in [0.05, 0.1) is 0 Å². The molecule has 0 saturated carbocycles. The number of hydrogen-bond donors (Lipinski definition) is 1. The molecule has 5 rings (SSSR count). The molecule has 4 aromatic rings. The van der Waals surface area contributed by atoms with Crippen LogP contribution in [0.5, 0.6) is 5.88 Å². The van der Waals surface area contributed by atoms with Gasteiger partial charge in [-0.1, -0.05) is 65.8 Å². The summed E-state index contributed by atoms with van der Waals surface area (Å²) in [5.41, 5.74) is 4.63. The number of ether oxygens (including phenoxy) is 1. The van der Waals surface area contributed by atoms with Crippen LogP contribution in [0.3, 0.4) is 0 Å². The van der Waals surface area contributed by atoms with Crippen LogP contribution in [0.15, 0.2) is 82.8 Å².